The number of benzene rings is 1. The molecule has 3 aromatic heterocycles. The molecule has 5 rings (SSSR count). The summed E-state index contributed by atoms with van der Waals surface area (Å²) in [5, 5.41) is 11.3. The number of amides is 1. The molecule has 1 fully saturated rings. The summed E-state index contributed by atoms with van der Waals surface area (Å²) in [5.41, 5.74) is 1.55. The lowest BCUT2D eigenvalue weighted by atomic mass is 10.1. The topological polar surface area (TPSA) is 92.6 Å². The fourth-order valence-corrected chi connectivity index (χ4v) is 3.61. The van der Waals surface area contributed by atoms with Gasteiger partial charge in [-0.3, -0.25) is 9.89 Å². The third-order valence-electron chi connectivity index (χ3n) is 5.30. The number of aromatic amines is 1. The van der Waals surface area contributed by atoms with Crippen LogP contribution in [0.2, 0.25) is 0 Å². The molecule has 1 aromatic carbocycles. The number of aromatic nitrogens is 6. The van der Waals surface area contributed by atoms with Crippen molar-refractivity contribution in [3.8, 4) is 17.1 Å². The first-order chi connectivity index (χ1) is 14.9. The Morgan fingerprint density at radius 3 is 2.65 bits per heavy atom. The number of likely N-dealkylation sites (tertiary alicyclic amines) is 1. The van der Waals surface area contributed by atoms with Crippen molar-refractivity contribution < 1.29 is 18.0 Å². The fourth-order valence-electron chi connectivity index (χ4n) is 3.61. The predicted molar refractivity (Wildman–Crippen MR) is 104 cm³/mol. The first-order valence-corrected chi connectivity index (χ1v) is 9.58. The molecule has 0 aliphatic carbocycles. The highest BCUT2D eigenvalue weighted by molar-refractivity contribution is 5.97. The van der Waals surface area contributed by atoms with Crippen LogP contribution >= 0.6 is 0 Å². The van der Waals surface area contributed by atoms with Gasteiger partial charge in [-0.25, -0.2) is 27.8 Å². The van der Waals surface area contributed by atoms with E-state index < -0.39 is 11.7 Å². The molecule has 8 nitrogen and oxygen atoms in total. The molecule has 0 unspecified atom stereocenters. The molecule has 1 aliphatic rings. The van der Waals surface area contributed by atoms with Gasteiger partial charge in [0.05, 0.1) is 23.0 Å². The monoisotopic (exact) mass is 427 g/mol. The van der Waals surface area contributed by atoms with Gasteiger partial charge in [0, 0.05) is 37.5 Å². The SMILES string of the molecule is O=C(c1cnc2c(cnn2-c2ccc(F)c(-c3ncn[nH]3)c2)c1)N1CCC(F)(F)CC1. The van der Waals surface area contributed by atoms with Gasteiger partial charge in [-0.1, -0.05) is 0 Å². The molecule has 0 bridgehead atoms. The van der Waals surface area contributed by atoms with E-state index in [2.05, 4.69) is 25.3 Å². The van der Waals surface area contributed by atoms with E-state index in [1.807, 2.05) is 0 Å². The number of hydrogen-bond acceptors (Lipinski definition) is 5. The van der Waals surface area contributed by atoms with E-state index in [9.17, 15) is 18.0 Å². The standard InChI is InChI=1S/C20H16F3N7O/c21-16-2-1-14(8-15(16)17-25-11-26-28-17)30-18-12(10-27-30)7-13(9-24-18)19(31)29-5-3-20(22,23)4-6-29/h1-2,7-11H,3-6H2,(H,25,26,28). The van der Waals surface area contributed by atoms with Crippen LogP contribution in [0, 0.1) is 5.82 Å². The molecule has 0 radical (unpaired) electrons. The van der Waals surface area contributed by atoms with E-state index in [-0.39, 0.29) is 43.2 Å². The van der Waals surface area contributed by atoms with Crippen molar-refractivity contribution in [3.05, 3.63) is 54.4 Å². The molecule has 31 heavy (non-hydrogen) atoms. The Balaban J connectivity index is 1.45. The number of H-pyrrole nitrogens is 1. The Hall–Kier alpha value is -3.76. The van der Waals surface area contributed by atoms with Gasteiger partial charge in [0.15, 0.2) is 11.5 Å². The summed E-state index contributed by atoms with van der Waals surface area (Å²) in [5.74, 6) is -3.25. The van der Waals surface area contributed by atoms with Crippen LogP contribution in [0.4, 0.5) is 13.2 Å². The maximum absolute atomic E-state index is 14.2. The van der Waals surface area contributed by atoms with Crippen LogP contribution in [-0.4, -0.2) is 59.8 Å². The van der Waals surface area contributed by atoms with Gasteiger partial charge in [-0.15, -0.1) is 0 Å². The molecule has 0 spiro atoms. The van der Waals surface area contributed by atoms with Crippen molar-refractivity contribution in [3.63, 3.8) is 0 Å². The highest BCUT2D eigenvalue weighted by Gasteiger charge is 2.35. The number of rotatable bonds is 3. The summed E-state index contributed by atoms with van der Waals surface area (Å²) < 4.78 is 42.5. The number of alkyl halides is 2. The summed E-state index contributed by atoms with van der Waals surface area (Å²) in [7, 11) is 0. The number of pyridine rings is 1. The zero-order valence-electron chi connectivity index (χ0n) is 16.1. The van der Waals surface area contributed by atoms with Crippen molar-refractivity contribution in [1.82, 2.24) is 34.8 Å². The molecule has 158 valence electrons. The van der Waals surface area contributed by atoms with Crippen molar-refractivity contribution in [2.45, 2.75) is 18.8 Å². The average molecular weight is 427 g/mol. The Bertz CT molecular complexity index is 1260. The van der Waals surface area contributed by atoms with E-state index >= 15 is 0 Å². The number of halogens is 3. The van der Waals surface area contributed by atoms with Gasteiger partial charge in [-0.05, 0) is 24.3 Å². The number of nitrogens with zero attached hydrogens (tertiary/aromatic N) is 6. The second-order valence-electron chi connectivity index (χ2n) is 7.34. The second-order valence-corrected chi connectivity index (χ2v) is 7.34. The van der Waals surface area contributed by atoms with E-state index in [1.54, 1.807) is 24.4 Å². The molecule has 1 amide bonds. The van der Waals surface area contributed by atoms with Gasteiger partial charge in [0.25, 0.3) is 11.8 Å². The molecular formula is C20H16F3N7O. The van der Waals surface area contributed by atoms with Gasteiger partial charge in [0.2, 0.25) is 0 Å². The van der Waals surface area contributed by atoms with Crippen LogP contribution in [0.3, 0.4) is 0 Å². The van der Waals surface area contributed by atoms with Crippen molar-refractivity contribution in [2.24, 2.45) is 0 Å². The number of carbonyl (C=O) groups excluding carboxylic acids is 1. The van der Waals surface area contributed by atoms with Crippen LogP contribution in [-0.2, 0) is 0 Å². The zero-order valence-corrected chi connectivity index (χ0v) is 16.1. The number of hydrogen-bond donors (Lipinski definition) is 1. The van der Waals surface area contributed by atoms with Gasteiger partial charge >= 0.3 is 0 Å². The average Bonchev–Trinajstić information content (AvgIpc) is 3.43. The summed E-state index contributed by atoms with van der Waals surface area (Å²) in [4.78, 5) is 22.4. The molecule has 4 heterocycles. The minimum Gasteiger partial charge on any atom is -0.338 e. The number of nitrogens with one attached hydrogen (secondary N) is 1. The van der Waals surface area contributed by atoms with Crippen LogP contribution in [0.1, 0.15) is 23.2 Å². The third kappa shape index (κ3) is 3.51. The molecule has 11 heteroatoms. The fraction of sp³-hybridized carbons (Fsp3) is 0.250. The third-order valence-corrected chi connectivity index (χ3v) is 5.30. The summed E-state index contributed by atoms with van der Waals surface area (Å²) in [6, 6.07) is 6.04. The van der Waals surface area contributed by atoms with Crippen molar-refractivity contribution in [1.29, 1.82) is 0 Å². The lowest BCUT2D eigenvalue weighted by Gasteiger charge is -2.31. The van der Waals surface area contributed by atoms with Crippen LogP contribution in [0.15, 0.2) is 43.0 Å². The Morgan fingerprint density at radius 2 is 1.90 bits per heavy atom. The van der Waals surface area contributed by atoms with E-state index in [0.29, 0.717) is 22.3 Å². The summed E-state index contributed by atoms with van der Waals surface area (Å²) in [6.07, 6.45) is 3.54. The van der Waals surface area contributed by atoms with E-state index in [0.717, 1.165) is 0 Å². The molecule has 4 aromatic rings. The number of carbonyl (C=O) groups is 1. The lowest BCUT2D eigenvalue weighted by molar-refractivity contribution is -0.0494. The van der Waals surface area contributed by atoms with E-state index in [4.69, 9.17) is 0 Å². The van der Waals surface area contributed by atoms with Crippen LogP contribution in [0.5, 0.6) is 0 Å². The largest absolute Gasteiger partial charge is 0.338 e. The van der Waals surface area contributed by atoms with Gasteiger partial charge in [-0.2, -0.15) is 10.2 Å². The van der Waals surface area contributed by atoms with Crippen LogP contribution in [0.25, 0.3) is 28.1 Å². The van der Waals surface area contributed by atoms with E-state index in [1.165, 1.54) is 28.2 Å². The summed E-state index contributed by atoms with van der Waals surface area (Å²) >= 11 is 0. The molecule has 1 saturated heterocycles. The molecule has 0 saturated carbocycles. The number of piperidine rings is 1. The molecular weight excluding hydrogens is 411 g/mol. The minimum atomic E-state index is -2.72. The van der Waals surface area contributed by atoms with Crippen LogP contribution < -0.4 is 0 Å². The maximum atomic E-state index is 14.2. The first-order valence-electron chi connectivity index (χ1n) is 9.58. The molecule has 1 aliphatic heterocycles. The lowest BCUT2D eigenvalue weighted by Crippen LogP contribution is -2.42. The quantitative estimate of drug-likeness (QED) is 0.542. The Labute approximate surface area is 173 Å². The molecule has 0 atom stereocenters. The zero-order chi connectivity index (χ0) is 21.6. The van der Waals surface area contributed by atoms with Gasteiger partial charge < -0.3 is 4.90 Å². The Kier molecular flexibility index (Phi) is 4.45. The molecule has 1 N–H and O–H groups in total. The Morgan fingerprint density at radius 1 is 1.10 bits per heavy atom. The highest BCUT2D eigenvalue weighted by atomic mass is 19.3. The van der Waals surface area contributed by atoms with Gasteiger partial charge in [0.1, 0.15) is 12.1 Å². The van der Waals surface area contributed by atoms with Crippen molar-refractivity contribution in [2.75, 3.05) is 13.1 Å². The normalized spacial score (nSPS) is 16.0. The predicted octanol–water partition coefficient (Wildman–Crippen LogP) is 3.22. The number of fused-ring (bicyclic) bond motifs is 1. The second kappa shape index (κ2) is 7.18. The highest BCUT2D eigenvalue weighted by Crippen LogP contribution is 2.29. The minimum absolute atomic E-state index is 0.00310. The van der Waals surface area contributed by atoms with Crippen molar-refractivity contribution >= 4 is 16.9 Å². The maximum Gasteiger partial charge on any atom is 0.255 e. The smallest absolute Gasteiger partial charge is 0.255 e. The summed E-state index contributed by atoms with van der Waals surface area (Å²) in [6.45, 7) is 0.00620. The first kappa shape index (κ1) is 19.2.